The summed E-state index contributed by atoms with van der Waals surface area (Å²) < 4.78 is 6.79. The van der Waals surface area contributed by atoms with Crippen molar-refractivity contribution >= 4 is 22.9 Å². The van der Waals surface area contributed by atoms with E-state index in [0.29, 0.717) is 23.4 Å². The monoisotopic (exact) mass is 430 g/mol. The number of nitrogens with zero attached hydrogens (tertiary/aromatic N) is 2. The fraction of sp³-hybridized carbons (Fsp3) is 0.346. The van der Waals surface area contributed by atoms with E-state index in [4.69, 9.17) is 9.72 Å². The van der Waals surface area contributed by atoms with Crippen molar-refractivity contribution in [2.24, 2.45) is 0 Å². The van der Waals surface area contributed by atoms with Crippen molar-refractivity contribution in [1.82, 2.24) is 9.55 Å². The van der Waals surface area contributed by atoms with E-state index in [9.17, 15) is 14.7 Å². The lowest BCUT2D eigenvalue weighted by atomic mass is 9.86. The first-order chi connectivity index (χ1) is 15.5. The molecule has 0 radical (unpaired) electrons. The molecule has 32 heavy (non-hydrogen) atoms. The van der Waals surface area contributed by atoms with Gasteiger partial charge in [0.1, 0.15) is 6.61 Å². The number of pyridine rings is 2. The second kappa shape index (κ2) is 7.71. The van der Waals surface area contributed by atoms with Gasteiger partial charge in [0.25, 0.3) is 5.56 Å². The van der Waals surface area contributed by atoms with E-state index >= 15 is 0 Å². The minimum atomic E-state index is -1.81. The lowest BCUT2D eigenvalue weighted by molar-refractivity contribution is -0.172. The summed E-state index contributed by atoms with van der Waals surface area (Å²) in [6.07, 6.45) is 7.83. The van der Waals surface area contributed by atoms with Crippen LogP contribution < -0.4 is 5.56 Å². The number of allylic oxidation sites excluding steroid dienone is 1. The van der Waals surface area contributed by atoms with Gasteiger partial charge in [-0.2, -0.15) is 0 Å². The minimum Gasteiger partial charge on any atom is -0.458 e. The number of carbonyl (C=O) groups is 1. The quantitative estimate of drug-likeness (QED) is 0.377. The van der Waals surface area contributed by atoms with E-state index in [0.717, 1.165) is 34.1 Å². The van der Waals surface area contributed by atoms with Gasteiger partial charge in [0.05, 0.1) is 29.0 Å². The number of cyclic esters (lactones) is 1. The molecule has 6 heteroatoms. The Labute approximate surface area is 186 Å². The molecule has 0 saturated heterocycles. The number of aliphatic hydroxyl groups is 1. The molecule has 0 unspecified atom stereocenters. The SMILES string of the molecule is CCCC/C=C/c1ccc2cc3c(nc2c1)-c1cc2c(c(=O)n1C3)COC(=O)[C@]2(O)CC. The Bertz CT molecular complexity index is 1340. The number of unbranched alkanes of at least 4 members (excludes halogenated alkanes) is 2. The highest BCUT2D eigenvalue weighted by molar-refractivity contribution is 5.87. The number of hydrogen-bond acceptors (Lipinski definition) is 5. The Kier molecular flexibility index (Phi) is 4.97. The molecule has 0 amide bonds. The largest absolute Gasteiger partial charge is 0.458 e. The molecule has 2 aliphatic rings. The molecule has 2 aliphatic heterocycles. The third-order valence-electron chi connectivity index (χ3n) is 6.57. The van der Waals surface area contributed by atoms with E-state index in [1.54, 1.807) is 17.6 Å². The number of fused-ring (bicyclic) bond motifs is 5. The van der Waals surface area contributed by atoms with Gasteiger partial charge in [0, 0.05) is 16.5 Å². The molecule has 1 N–H and O–H groups in total. The first kappa shape index (κ1) is 20.6. The zero-order valence-corrected chi connectivity index (χ0v) is 18.4. The van der Waals surface area contributed by atoms with Crippen molar-refractivity contribution < 1.29 is 14.6 Å². The second-order valence-electron chi connectivity index (χ2n) is 8.60. The summed E-state index contributed by atoms with van der Waals surface area (Å²) in [5.41, 5.74) is 2.89. The van der Waals surface area contributed by atoms with Gasteiger partial charge in [0.2, 0.25) is 0 Å². The van der Waals surface area contributed by atoms with Gasteiger partial charge in [-0.05, 0) is 36.6 Å². The van der Waals surface area contributed by atoms with Crippen LogP contribution in [0, 0.1) is 0 Å². The molecular weight excluding hydrogens is 404 g/mol. The first-order valence-electron chi connectivity index (χ1n) is 11.2. The van der Waals surface area contributed by atoms with Crippen LogP contribution in [0.25, 0.3) is 28.4 Å². The van der Waals surface area contributed by atoms with Crippen molar-refractivity contribution in [2.75, 3.05) is 0 Å². The Balaban J connectivity index is 1.63. The molecule has 0 fully saturated rings. The third-order valence-corrected chi connectivity index (χ3v) is 6.57. The number of benzene rings is 1. The molecule has 0 aliphatic carbocycles. The average molecular weight is 431 g/mol. The van der Waals surface area contributed by atoms with Crippen LogP contribution in [0.15, 0.2) is 41.2 Å². The number of rotatable bonds is 5. The van der Waals surface area contributed by atoms with E-state index in [1.807, 2.05) is 0 Å². The molecular formula is C26H26N2O4. The van der Waals surface area contributed by atoms with Crippen LogP contribution in [0.4, 0.5) is 0 Å². The maximum absolute atomic E-state index is 13.2. The molecule has 0 saturated carbocycles. The van der Waals surface area contributed by atoms with Crippen molar-refractivity contribution in [1.29, 1.82) is 0 Å². The summed E-state index contributed by atoms with van der Waals surface area (Å²) in [6.45, 7) is 4.18. The van der Waals surface area contributed by atoms with Crippen LogP contribution >= 0.6 is 0 Å². The van der Waals surface area contributed by atoms with Gasteiger partial charge in [-0.25, -0.2) is 9.78 Å². The lowest BCUT2D eigenvalue weighted by Gasteiger charge is -2.31. The summed E-state index contributed by atoms with van der Waals surface area (Å²) >= 11 is 0. The minimum absolute atomic E-state index is 0.116. The van der Waals surface area contributed by atoms with Crippen LogP contribution in [-0.4, -0.2) is 20.6 Å². The van der Waals surface area contributed by atoms with Gasteiger partial charge in [0.15, 0.2) is 5.60 Å². The number of aromatic nitrogens is 2. The van der Waals surface area contributed by atoms with Gasteiger partial charge < -0.3 is 14.4 Å². The van der Waals surface area contributed by atoms with Crippen molar-refractivity contribution in [3.8, 4) is 11.4 Å². The smallest absolute Gasteiger partial charge is 0.343 e. The lowest BCUT2D eigenvalue weighted by Crippen LogP contribution is -2.44. The normalized spacial score (nSPS) is 19.2. The van der Waals surface area contributed by atoms with Crippen LogP contribution in [0.5, 0.6) is 0 Å². The molecule has 5 rings (SSSR count). The topological polar surface area (TPSA) is 81.4 Å². The zero-order chi connectivity index (χ0) is 22.5. The fourth-order valence-electron chi connectivity index (χ4n) is 4.64. The van der Waals surface area contributed by atoms with Crippen molar-refractivity contribution in [2.45, 2.75) is 58.3 Å². The molecule has 1 atom stereocenters. The average Bonchev–Trinajstić information content (AvgIpc) is 3.16. The molecule has 1 aromatic carbocycles. The van der Waals surface area contributed by atoms with E-state index in [2.05, 4.69) is 43.3 Å². The Morgan fingerprint density at radius 1 is 1.22 bits per heavy atom. The van der Waals surface area contributed by atoms with Crippen LogP contribution in [0.1, 0.15) is 61.8 Å². The predicted molar refractivity (Wildman–Crippen MR) is 123 cm³/mol. The Morgan fingerprint density at radius 3 is 2.84 bits per heavy atom. The maximum Gasteiger partial charge on any atom is 0.343 e. The summed E-state index contributed by atoms with van der Waals surface area (Å²) in [4.78, 5) is 30.4. The van der Waals surface area contributed by atoms with E-state index in [-0.39, 0.29) is 18.6 Å². The summed E-state index contributed by atoms with van der Waals surface area (Å²) in [7, 11) is 0. The van der Waals surface area contributed by atoms with Crippen molar-refractivity contribution in [3.63, 3.8) is 0 Å². The molecule has 164 valence electrons. The van der Waals surface area contributed by atoms with E-state index in [1.165, 1.54) is 12.8 Å². The standard InChI is InChI=1S/C26H26N2O4/c1-3-5-6-7-8-16-9-10-17-12-18-14-28-22(23(18)27-21(17)11-16)13-20-19(24(28)29)15-32-25(30)26(20,31)4-2/h7-13,31H,3-6,14-15H2,1-2H3/b8-7+/t26-/m0/s1. The first-order valence-corrected chi connectivity index (χ1v) is 11.2. The fourth-order valence-corrected chi connectivity index (χ4v) is 4.64. The summed E-state index contributed by atoms with van der Waals surface area (Å²) in [6, 6.07) is 10.0. The van der Waals surface area contributed by atoms with Gasteiger partial charge >= 0.3 is 5.97 Å². The molecule has 4 heterocycles. The van der Waals surface area contributed by atoms with Gasteiger partial charge in [-0.3, -0.25) is 4.79 Å². The van der Waals surface area contributed by atoms with Crippen LogP contribution in [0.3, 0.4) is 0 Å². The third kappa shape index (κ3) is 3.09. The molecule has 2 aromatic heterocycles. The van der Waals surface area contributed by atoms with Gasteiger partial charge in [-0.1, -0.05) is 51.0 Å². The van der Waals surface area contributed by atoms with E-state index < -0.39 is 11.6 Å². The number of hydrogen-bond donors (Lipinski definition) is 1. The predicted octanol–water partition coefficient (Wildman–Crippen LogP) is 4.28. The molecule has 0 spiro atoms. The van der Waals surface area contributed by atoms with Crippen molar-refractivity contribution in [3.05, 3.63) is 69.0 Å². The number of ether oxygens (including phenoxy) is 1. The van der Waals surface area contributed by atoms with Gasteiger partial charge in [-0.15, -0.1) is 0 Å². The second-order valence-corrected chi connectivity index (χ2v) is 8.60. The summed E-state index contributed by atoms with van der Waals surface area (Å²) in [5, 5.41) is 12.0. The highest BCUT2D eigenvalue weighted by Crippen LogP contribution is 2.38. The summed E-state index contributed by atoms with van der Waals surface area (Å²) in [5.74, 6) is -0.707. The highest BCUT2D eigenvalue weighted by Gasteiger charge is 2.45. The van der Waals surface area contributed by atoms with Crippen LogP contribution in [0.2, 0.25) is 0 Å². The molecule has 0 bridgehead atoms. The molecule has 6 nitrogen and oxygen atoms in total. The highest BCUT2D eigenvalue weighted by atomic mass is 16.6. The van der Waals surface area contributed by atoms with Crippen LogP contribution in [-0.2, 0) is 28.3 Å². The number of esters is 1. The maximum atomic E-state index is 13.2. The Morgan fingerprint density at radius 2 is 2.06 bits per heavy atom. The molecule has 3 aromatic rings. The zero-order valence-electron chi connectivity index (χ0n) is 18.4. The Hall–Kier alpha value is -3.25. The number of carbonyl (C=O) groups excluding carboxylic acids is 1.